The summed E-state index contributed by atoms with van der Waals surface area (Å²) < 4.78 is 28.3. The Balaban J connectivity index is 1.97. The van der Waals surface area contributed by atoms with Crippen LogP contribution < -0.4 is 4.72 Å². The number of sulfonamides is 1. The molecule has 0 aromatic carbocycles. The second-order valence-corrected chi connectivity index (χ2v) is 7.00. The van der Waals surface area contributed by atoms with Gasteiger partial charge in [-0.1, -0.05) is 13.3 Å². The Bertz CT molecular complexity index is 520. The molecule has 0 radical (unpaired) electrons. The van der Waals surface area contributed by atoms with Gasteiger partial charge in [0.25, 0.3) is 0 Å². The number of aromatic nitrogens is 2. The predicted molar refractivity (Wildman–Crippen MR) is 71.1 cm³/mol. The fourth-order valence-electron chi connectivity index (χ4n) is 2.26. The molecule has 6 nitrogen and oxygen atoms in total. The van der Waals surface area contributed by atoms with Gasteiger partial charge in [0.2, 0.25) is 10.0 Å². The maximum absolute atomic E-state index is 12.1. The number of nitrogens with one attached hydrogen (secondary N) is 1. The molecule has 1 aliphatic rings. The molecule has 1 fully saturated rings. The Morgan fingerprint density at radius 3 is 2.84 bits per heavy atom. The minimum Gasteiger partial charge on any atom is -0.394 e. The predicted octanol–water partition coefficient (Wildman–Crippen LogP) is 0.734. The van der Waals surface area contributed by atoms with Crippen molar-refractivity contribution in [1.82, 2.24) is 14.5 Å². The average molecular weight is 287 g/mol. The molecule has 0 bridgehead atoms. The molecule has 108 valence electrons. The zero-order chi connectivity index (χ0) is 13.9. The lowest BCUT2D eigenvalue weighted by molar-refractivity contribution is 0.269. The lowest BCUT2D eigenvalue weighted by Crippen LogP contribution is -2.30. The summed E-state index contributed by atoms with van der Waals surface area (Å²) in [4.78, 5) is 0.160. The number of rotatable bonds is 8. The Kier molecular flexibility index (Phi) is 4.27. The normalized spacial score (nSPS) is 17.6. The Hall–Kier alpha value is -0.920. The molecule has 2 rings (SSSR count). The van der Waals surface area contributed by atoms with Gasteiger partial charge in [-0.2, -0.15) is 5.10 Å². The molecule has 0 unspecified atom stereocenters. The highest BCUT2D eigenvalue weighted by Gasteiger charge is 2.42. The molecule has 1 aromatic heterocycles. The summed E-state index contributed by atoms with van der Waals surface area (Å²) >= 11 is 0. The van der Waals surface area contributed by atoms with E-state index in [-0.39, 0.29) is 16.9 Å². The first-order valence-corrected chi connectivity index (χ1v) is 8.13. The minimum atomic E-state index is -3.48. The summed E-state index contributed by atoms with van der Waals surface area (Å²) in [7, 11) is -3.48. The standard InChI is InChI=1S/C12H21N3O3S/c1-2-3-12(4-5-12)10-14-19(17,18)11-8-13-15(9-11)6-7-16/h8-9,14,16H,2-7,10H2,1H3. The number of hydrogen-bond donors (Lipinski definition) is 2. The van der Waals surface area contributed by atoms with E-state index < -0.39 is 10.0 Å². The zero-order valence-corrected chi connectivity index (χ0v) is 12.0. The molecule has 0 atom stereocenters. The van der Waals surface area contributed by atoms with E-state index in [1.54, 1.807) is 0 Å². The van der Waals surface area contributed by atoms with Crippen LogP contribution in [-0.2, 0) is 16.6 Å². The Morgan fingerprint density at radius 1 is 1.53 bits per heavy atom. The van der Waals surface area contributed by atoms with Crippen LogP contribution in [0.2, 0.25) is 0 Å². The Labute approximate surface area is 113 Å². The van der Waals surface area contributed by atoms with Gasteiger partial charge in [0.15, 0.2) is 0 Å². The summed E-state index contributed by atoms with van der Waals surface area (Å²) in [5.41, 5.74) is 0.183. The molecule has 0 amide bonds. The molecule has 1 heterocycles. The van der Waals surface area contributed by atoms with Gasteiger partial charge in [-0.15, -0.1) is 0 Å². The number of aliphatic hydroxyl groups is 1. The first-order chi connectivity index (χ1) is 9.01. The first-order valence-electron chi connectivity index (χ1n) is 6.64. The van der Waals surface area contributed by atoms with E-state index in [0.29, 0.717) is 13.1 Å². The van der Waals surface area contributed by atoms with Gasteiger partial charge >= 0.3 is 0 Å². The van der Waals surface area contributed by atoms with Crippen LogP contribution >= 0.6 is 0 Å². The zero-order valence-electron chi connectivity index (χ0n) is 11.2. The topological polar surface area (TPSA) is 84.2 Å². The van der Waals surface area contributed by atoms with E-state index in [4.69, 9.17) is 5.11 Å². The summed E-state index contributed by atoms with van der Waals surface area (Å²) in [5, 5.41) is 12.7. The molecule has 19 heavy (non-hydrogen) atoms. The summed E-state index contributed by atoms with van der Waals surface area (Å²) in [6.45, 7) is 2.87. The fourth-order valence-corrected chi connectivity index (χ4v) is 3.37. The molecule has 0 spiro atoms. The van der Waals surface area contributed by atoms with Crippen LogP contribution in [0.3, 0.4) is 0 Å². The van der Waals surface area contributed by atoms with Crippen molar-refractivity contribution in [3.05, 3.63) is 12.4 Å². The quantitative estimate of drug-likeness (QED) is 0.738. The molecule has 1 aliphatic carbocycles. The second-order valence-electron chi connectivity index (χ2n) is 5.24. The molecule has 2 N–H and O–H groups in total. The Morgan fingerprint density at radius 2 is 2.26 bits per heavy atom. The van der Waals surface area contributed by atoms with E-state index in [1.807, 2.05) is 0 Å². The van der Waals surface area contributed by atoms with Gasteiger partial charge in [-0.25, -0.2) is 13.1 Å². The smallest absolute Gasteiger partial charge is 0.243 e. The minimum absolute atomic E-state index is 0.0613. The van der Waals surface area contributed by atoms with Crippen molar-refractivity contribution in [3.63, 3.8) is 0 Å². The van der Waals surface area contributed by atoms with Gasteiger partial charge in [0.05, 0.1) is 19.3 Å². The van der Waals surface area contributed by atoms with Crippen LogP contribution in [0.5, 0.6) is 0 Å². The third-order valence-corrected chi connectivity index (χ3v) is 4.98. The summed E-state index contributed by atoms with van der Waals surface area (Å²) in [5.74, 6) is 0. The molecule has 0 aliphatic heterocycles. The van der Waals surface area contributed by atoms with E-state index in [0.717, 1.165) is 25.7 Å². The summed E-state index contributed by atoms with van der Waals surface area (Å²) in [6, 6.07) is 0. The van der Waals surface area contributed by atoms with E-state index in [2.05, 4.69) is 16.7 Å². The van der Waals surface area contributed by atoms with E-state index in [9.17, 15) is 8.42 Å². The highest BCUT2D eigenvalue weighted by Crippen LogP contribution is 2.49. The molecule has 7 heteroatoms. The van der Waals surface area contributed by atoms with Crippen molar-refractivity contribution in [1.29, 1.82) is 0 Å². The lowest BCUT2D eigenvalue weighted by atomic mass is 10.0. The van der Waals surface area contributed by atoms with Crippen molar-refractivity contribution in [2.45, 2.75) is 44.0 Å². The largest absolute Gasteiger partial charge is 0.394 e. The molecule has 0 saturated heterocycles. The lowest BCUT2D eigenvalue weighted by Gasteiger charge is -2.14. The van der Waals surface area contributed by atoms with Gasteiger partial charge in [-0.05, 0) is 24.7 Å². The van der Waals surface area contributed by atoms with Crippen LogP contribution in [-0.4, -0.2) is 36.5 Å². The first kappa shape index (κ1) is 14.5. The monoisotopic (exact) mass is 287 g/mol. The van der Waals surface area contributed by atoms with Crippen molar-refractivity contribution in [2.75, 3.05) is 13.2 Å². The SMILES string of the molecule is CCCC1(CNS(=O)(=O)c2cnn(CCO)c2)CC1. The van der Waals surface area contributed by atoms with Crippen molar-refractivity contribution in [3.8, 4) is 0 Å². The third kappa shape index (κ3) is 3.55. The number of nitrogens with zero attached hydrogens (tertiary/aromatic N) is 2. The van der Waals surface area contributed by atoms with Gasteiger partial charge in [-0.3, -0.25) is 4.68 Å². The second kappa shape index (κ2) is 5.60. The van der Waals surface area contributed by atoms with Crippen molar-refractivity contribution >= 4 is 10.0 Å². The molecule has 1 saturated carbocycles. The molecular formula is C12H21N3O3S. The number of aliphatic hydroxyl groups excluding tert-OH is 1. The fraction of sp³-hybridized carbons (Fsp3) is 0.750. The van der Waals surface area contributed by atoms with Crippen LogP contribution in [0.4, 0.5) is 0 Å². The van der Waals surface area contributed by atoms with Crippen molar-refractivity contribution < 1.29 is 13.5 Å². The maximum Gasteiger partial charge on any atom is 0.243 e. The molecular weight excluding hydrogens is 266 g/mol. The van der Waals surface area contributed by atoms with Crippen molar-refractivity contribution in [2.24, 2.45) is 5.41 Å². The maximum atomic E-state index is 12.1. The van der Waals surface area contributed by atoms with Crippen LogP contribution in [0.25, 0.3) is 0 Å². The highest BCUT2D eigenvalue weighted by atomic mass is 32.2. The average Bonchev–Trinajstić information content (AvgIpc) is 2.96. The number of hydrogen-bond acceptors (Lipinski definition) is 4. The van der Waals surface area contributed by atoms with Gasteiger partial charge < -0.3 is 5.11 Å². The highest BCUT2D eigenvalue weighted by molar-refractivity contribution is 7.89. The third-order valence-electron chi connectivity index (χ3n) is 3.62. The van der Waals surface area contributed by atoms with Gasteiger partial charge in [0.1, 0.15) is 4.90 Å². The van der Waals surface area contributed by atoms with Crippen LogP contribution in [0, 0.1) is 5.41 Å². The van der Waals surface area contributed by atoms with E-state index in [1.165, 1.54) is 17.1 Å². The van der Waals surface area contributed by atoms with Gasteiger partial charge in [0, 0.05) is 12.7 Å². The van der Waals surface area contributed by atoms with E-state index >= 15 is 0 Å². The van der Waals surface area contributed by atoms with Crippen LogP contribution in [0.15, 0.2) is 17.3 Å². The summed E-state index contributed by atoms with van der Waals surface area (Å²) in [6.07, 6.45) is 7.12. The van der Waals surface area contributed by atoms with Crippen LogP contribution in [0.1, 0.15) is 32.6 Å². The molecule has 1 aromatic rings.